The summed E-state index contributed by atoms with van der Waals surface area (Å²) in [6.45, 7) is 1.24. The van der Waals surface area contributed by atoms with Crippen LogP contribution in [-0.2, 0) is 9.63 Å². The van der Waals surface area contributed by atoms with Crippen molar-refractivity contribution in [3.8, 4) is 0 Å². The average molecular weight is 206 g/mol. The molecular weight excluding hydrogens is 192 g/mol. The summed E-state index contributed by atoms with van der Waals surface area (Å²) < 4.78 is 0. The van der Waals surface area contributed by atoms with Crippen LogP contribution in [0.2, 0.25) is 0 Å². The van der Waals surface area contributed by atoms with Crippen molar-refractivity contribution >= 4 is 5.91 Å². The molecule has 0 radical (unpaired) electrons. The highest BCUT2D eigenvalue weighted by Gasteiger charge is 2.25. The number of carbonyl (C=O) groups is 1. The lowest BCUT2D eigenvalue weighted by Crippen LogP contribution is -2.35. The Kier molecular flexibility index (Phi) is 2.99. The number of amides is 1. The Morgan fingerprint density at radius 2 is 2.13 bits per heavy atom. The molecule has 1 aromatic carbocycles. The topological polar surface area (TPSA) is 55.6 Å². The van der Waals surface area contributed by atoms with Gasteiger partial charge in [0, 0.05) is 0 Å². The zero-order valence-electron chi connectivity index (χ0n) is 8.43. The van der Waals surface area contributed by atoms with Crippen LogP contribution < -0.4 is 5.73 Å². The fourth-order valence-corrected chi connectivity index (χ4v) is 1.58. The van der Waals surface area contributed by atoms with E-state index in [2.05, 4.69) is 0 Å². The molecule has 0 aromatic heterocycles. The predicted octanol–water partition coefficient (Wildman–Crippen LogP) is 0.850. The molecule has 1 aliphatic heterocycles. The molecule has 4 heteroatoms. The van der Waals surface area contributed by atoms with Gasteiger partial charge in [-0.15, -0.1) is 0 Å². The van der Waals surface area contributed by atoms with Gasteiger partial charge in [-0.05, 0) is 12.0 Å². The zero-order valence-corrected chi connectivity index (χ0v) is 8.43. The van der Waals surface area contributed by atoms with Crippen molar-refractivity contribution in [1.82, 2.24) is 5.06 Å². The molecule has 0 unspecified atom stereocenters. The van der Waals surface area contributed by atoms with Gasteiger partial charge in [0.2, 0.25) is 0 Å². The molecule has 0 saturated carbocycles. The largest absolute Gasteiger partial charge is 0.316 e. The molecule has 1 fully saturated rings. The van der Waals surface area contributed by atoms with Gasteiger partial charge in [0.15, 0.2) is 0 Å². The van der Waals surface area contributed by atoms with Gasteiger partial charge in [-0.2, -0.15) is 0 Å². The SMILES string of the molecule is N[C@H](C(=O)N1CCCO1)c1ccccc1. The molecule has 15 heavy (non-hydrogen) atoms. The summed E-state index contributed by atoms with van der Waals surface area (Å²) in [6, 6.07) is 8.70. The van der Waals surface area contributed by atoms with Gasteiger partial charge in [0.1, 0.15) is 6.04 Å². The summed E-state index contributed by atoms with van der Waals surface area (Å²) in [5.74, 6) is -0.168. The summed E-state index contributed by atoms with van der Waals surface area (Å²) in [7, 11) is 0. The van der Waals surface area contributed by atoms with Crippen LogP contribution in [0, 0.1) is 0 Å². The van der Waals surface area contributed by atoms with Crippen molar-refractivity contribution in [2.75, 3.05) is 13.2 Å². The van der Waals surface area contributed by atoms with E-state index in [0.717, 1.165) is 12.0 Å². The van der Waals surface area contributed by atoms with Crippen LogP contribution in [0.25, 0.3) is 0 Å². The number of hydrogen-bond acceptors (Lipinski definition) is 3. The molecule has 2 rings (SSSR count). The predicted molar refractivity (Wildman–Crippen MR) is 55.7 cm³/mol. The van der Waals surface area contributed by atoms with Gasteiger partial charge in [0.25, 0.3) is 5.91 Å². The Morgan fingerprint density at radius 1 is 1.40 bits per heavy atom. The average Bonchev–Trinajstić information content (AvgIpc) is 2.82. The van der Waals surface area contributed by atoms with E-state index in [1.165, 1.54) is 5.06 Å². The number of benzene rings is 1. The van der Waals surface area contributed by atoms with Crippen molar-refractivity contribution in [2.24, 2.45) is 5.73 Å². The molecule has 1 aliphatic rings. The highest BCUT2D eigenvalue weighted by molar-refractivity contribution is 5.82. The van der Waals surface area contributed by atoms with E-state index in [4.69, 9.17) is 10.6 Å². The first-order valence-corrected chi connectivity index (χ1v) is 5.04. The Hall–Kier alpha value is -1.39. The zero-order chi connectivity index (χ0) is 10.7. The van der Waals surface area contributed by atoms with Gasteiger partial charge in [-0.3, -0.25) is 9.63 Å². The highest BCUT2D eigenvalue weighted by atomic mass is 16.7. The molecule has 0 aliphatic carbocycles. The molecule has 0 bridgehead atoms. The molecule has 1 saturated heterocycles. The van der Waals surface area contributed by atoms with Crippen LogP contribution in [0.4, 0.5) is 0 Å². The molecule has 1 atom stereocenters. The Morgan fingerprint density at radius 3 is 2.73 bits per heavy atom. The first-order chi connectivity index (χ1) is 7.29. The van der Waals surface area contributed by atoms with Crippen molar-refractivity contribution in [3.05, 3.63) is 35.9 Å². The fraction of sp³-hybridized carbons (Fsp3) is 0.364. The van der Waals surface area contributed by atoms with Gasteiger partial charge in [-0.25, -0.2) is 5.06 Å². The van der Waals surface area contributed by atoms with Crippen LogP contribution in [0.15, 0.2) is 30.3 Å². The van der Waals surface area contributed by atoms with E-state index in [9.17, 15) is 4.79 Å². The standard InChI is InChI=1S/C11H14N2O2/c12-10(9-5-2-1-3-6-9)11(14)13-7-4-8-15-13/h1-3,5-6,10H,4,7-8,12H2/t10-/m0/s1. The minimum atomic E-state index is -0.621. The Labute approximate surface area is 88.6 Å². The molecule has 1 amide bonds. The van der Waals surface area contributed by atoms with Crippen molar-refractivity contribution in [2.45, 2.75) is 12.5 Å². The van der Waals surface area contributed by atoms with Crippen molar-refractivity contribution in [1.29, 1.82) is 0 Å². The van der Waals surface area contributed by atoms with E-state index in [-0.39, 0.29) is 5.91 Å². The van der Waals surface area contributed by atoms with E-state index in [1.54, 1.807) is 0 Å². The summed E-state index contributed by atoms with van der Waals surface area (Å²) in [5, 5.41) is 1.36. The smallest absolute Gasteiger partial charge is 0.267 e. The number of nitrogens with zero attached hydrogens (tertiary/aromatic N) is 1. The molecule has 2 N–H and O–H groups in total. The molecule has 1 aromatic rings. The second-order valence-corrected chi connectivity index (χ2v) is 3.52. The maximum atomic E-state index is 11.8. The van der Waals surface area contributed by atoms with Crippen LogP contribution in [0.3, 0.4) is 0 Å². The van der Waals surface area contributed by atoms with Crippen LogP contribution in [0.1, 0.15) is 18.0 Å². The number of hydrogen-bond donors (Lipinski definition) is 1. The van der Waals surface area contributed by atoms with E-state index < -0.39 is 6.04 Å². The highest BCUT2D eigenvalue weighted by Crippen LogP contribution is 2.15. The van der Waals surface area contributed by atoms with Gasteiger partial charge in [-0.1, -0.05) is 30.3 Å². The Bertz CT molecular complexity index is 334. The fourth-order valence-electron chi connectivity index (χ4n) is 1.58. The number of carbonyl (C=O) groups excluding carboxylic acids is 1. The van der Waals surface area contributed by atoms with E-state index in [1.807, 2.05) is 30.3 Å². The quantitative estimate of drug-likeness (QED) is 0.780. The molecule has 4 nitrogen and oxygen atoms in total. The van der Waals surface area contributed by atoms with E-state index >= 15 is 0 Å². The van der Waals surface area contributed by atoms with Gasteiger partial charge < -0.3 is 5.73 Å². The summed E-state index contributed by atoms with van der Waals surface area (Å²) in [5.41, 5.74) is 6.66. The number of hydroxylamine groups is 2. The number of rotatable bonds is 2. The van der Waals surface area contributed by atoms with Crippen molar-refractivity contribution < 1.29 is 9.63 Å². The van der Waals surface area contributed by atoms with E-state index in [0.29, 0.717) is 13.2 Å². The van der Waals surface area contributed by atoms with Gasteiger partial charge in [0.05, 0.1) is 13.2 Å². The minimum absolute atomic E-state index is 0.168. The van der Waals surface area contributed by atoms with Gasteiger partial charge >= 0.3 is 0 Å². The maximum absolute atomic E-state index is 11.8. The third kappa shape index (κ3) is 2.16. The molecule has 0 spiro atoms. The monoisotopic (exact) mass is 206 g/mol. The lowest BCUT2D eigenvalue weighted by molar-refractivity contribution is -0.170. The number of nitrogens with two attached hydrogens (primary N) is 1. The first kappa shape index (κ1) is 10.1. The lowest BCUT2D eigenvalue weighted by Gasteiger charge is -2.18. The minimum Gasteiger partial charge on any atom is -0.316 e. The lowest BCUT2D eigenvalue weighted by atomic mass is 10.1. The molecule has 1 heterocycles. The summed E-state index contributed by atoms with van der Waals surface area (Å²) in [6.07, 6.45) is 0.882. The maximum Gasteiger partial charge on any atom is 0.267 e. The second kappa shape index (κ2) is 4.42. The molecular formula is C11H14N2O2. The molecule has 80 valence electrons. The normalized spacial score (nSPS) is 17.8. The third-order valence-electron chi connectivity index (χ3n) is 2.42. The summed E-state index contributed by atoms with van der Waals surface area (Å²) >= 11 is 0. The van der Waals surface area contributed by atoms with Crippen molar-refractivity contribution in [3.63, 3.8) is 0 Å². The van der Waals surface area contributed by atoms with Crippen LogP contribution in [0.5, 0.6) is 0 Å². The Balaban J connectivity index is 2.07. The third-order valence-corrected chi connectivity index (χ3v) is 2.42. The summed E-state index contributed by atoms with van der Waals surface area (Å²) in [4.78, 5) is 17.0. The first-order valence-electron chi connectivity index (χ1n) is 5.04. The van der Waals surface area contributed by atoms with Crippen LogP contribution in [-0.4, -0.2) is 24.1 Å². The second-order valence-electron chi connectivity index (χ2n) is 3.52. The van der Waals surface area contributed by atoms with Crippen LogP contribution >= 0.6 is 0 Å².